The summed E-state index contributed by atoms with van der Waals surface area (Å²) in [6.07, 6.45) is 5.42. The van der Waals surface area contributed by atoms with Crippen molar-refractivity contribution >= 4 is 22.8 Å². The number of aromatic amines is 1. The van der Waals surface area contributed by atoms with Crippen LogP contribution in [0.2, 0.25) is 0 Å². The summed E-state index contributed by atoms with van der Waals surface area (Å²) >= 11 is 0. The SMILES string of the molecule is C[C@@H](NC(=O)C1CCN(c2ncnc3[nH]ccc23)CC12CC2)[C@@H](O)c1ccc(C#N)cc1. The quantitative estimate of drug-likeness (QED) is 0.573. The largest absolute Gasteiger partial charge is 0.386 e. The highest BCUT2D eigenvalue weighted by Crippen LogP contribution is 2.56. The number of piperidine rings is 1. The molecule has 3 heterocycles. The molecule has 32 heavy (non-hydrogen) atoms. The van der Waals surface area contributed by atoms with Gasteiger partial charge in [0, 0.05) is 25.2 Å². The molecule has 8 nitrogen and oxygen atoms in total. The first-order valence-electron chi connectivity index (χ1n) is 11.0. The van der Waals surface area contributed by atoms with Crippen LogP contribution in [0, 0.1) is 22.7 Å². The van der Waals surface area contributed by atoms with Crippen molar-refractivity contribution in [2.45, 2.75) is 38.3 Å². The molecular weight excluding hydrogens is 404 g/mol. The van der Waals surface area contributed by atoms with Crippen LogP contribution in [0.25, 0.3) is 11.0 Å². The van der Waals surface area contributed by atoms with Gasteiger partial charge in [0.1, 0.15) is 17.8 Å². The van der Waals surface area contributed by atoms with E-state index in [1.165, 1.54) is 0 Å². The molecule has 2 aromatic heterocycles. The summed E-state index contributed by atoms with van der Waals surface area (Å²) in [7, 11) is 0. The maximum atomic E-state index is 13.2. The number of carbonyl (C=O) groups excluding carboxylic acids is 1. The number of rotatable bonds is 5. The lowest BCUT2D eigenvalue weighted by molar-refractivity contribution is -0.129. The lowest BCUT2D eigenvalue weighted by Gasteiger charge is -2.39. The Balaban J connectivity index is 1.26. The van der Waals surface area contributed by atoms with E-state index in [0.29, 0.717) is 11.1 Å². The van der Waals surface area contributed by atoms with Crippen LogP contribution in [-0.2, 0) is 4.79 Å². The molecule has 2 fully saturated rings. The highest BCUT2D eigenvalue weighted by molar-refractivity contribution is 5.87. The Hall–Kier alpha value is -3.44. The van der Waals surface area contributed by atoms with Gasteiger partial charge >= 0.3 is 0 Å². The molecular formula is C24H26N6O2. The number of benzene rings is 1. The van der Waals surface area contributed by atoms with Gasteiger partial charge in [-0.1, -0.05) is 12.1 Å². The smallest absolute Gasteiger partial charge is 0.224 e. The van der Waals surface area contributed by atoms with Crippen LogP contribution in [0.4, 0.5) is 5.82 Å². The number of carbonyl (C=O) groups is 1. The zero-order valence-electron chi connectivity index (χ0n) is 18.0. The van der Waals surface area contributed by atoms with Crippen molar-refractivity contribution in [2.75, 3.05) is 18.0 Å². The van der Waals surface area contributed by atoms with E-state index < -0.39 is 12.1 Å². The minimum absolute atomic E-state index is 0.0109. The Morgan fingerprint density at radius 3 is 2.81 bits per heavy atom. The van der Waals surface area contributed by atoms with E-state index in [1.54, 1.807) is 30.6 Å². The number of H-pyrrole nitrogens is 1. The molecule has 1 aliphatic carbocycles. The number of anilines is 1. The van der Waals surface area contributed by atoms with Crippen molar-refractivity contribution in [2.24, 2.45) is 11.3 Å². The van der Waals surface area contributed by atoms with Crippen LogP contribution in [0.3, 0.4) is 0 Å². The molecule has 3 aromatic rings. The zero-order chi connectivity index (χ0) is 22.3. The second-order valence-electron chi connectivity index (χ2n) is 9.04. The summed E-state index contributed by atoms with van der Waals surface area (Å²) in [6.45, 7) is 3.37. The van der Waals surface area contributed by atoms with Crippen LogP contribution in [0.1, 0.15) is 43.4 Å². The van der Waals surface area contributed by atoms with Gasteiger partial charge in [-0.3, -0.25) is 4.79 Å². The lowest BCUT2D eigenvalue weighted by atomic mass is 9.81. The first kappa shape index (κ1) is 20.5. The van der Waals surface area contributed by atoms with Crippen molar-refractivity contribution in [1.82, 2.24) is 20.3 Å². The van der Waals surface area contributed by atoms with Crippen molar-refractivity contribution < 1.29 is 9.90 Å². The van der Waals surface area contributed by atoms with Gasteiger partial charge in [0.15, 0.2) is 0 Å². The maximum Gasteiger partial charge on any atom is 0.224 e. The third kappa shape index (κ3) is 3.59. The molecule has 1 aromatic carbocycles. The molecule has 164 valence electrons. The van der Waals surface area contributed by atoms with E-state index in [9.17, 15) is 9.90 Å². The van der Waals surface area contributed by atoms with Crippen LogP contribution in [0.15, 0.2) is 42.9 Å². The molecule has 2 aliphatic rings. The number of fused-ring (bicyclic) bond motifs is 1. The van der Waals surface area contributed by atoms with Crippen LogP contribution in [-0.4, -0.2) is 45.1 Å². The first-order chi connectivity index (χ1) is 15.5. The average Bonchev–Trinajstić information content (AvgIpc) is 3.39. The molecule has 1 unspecified atom stereocenters. The fraction of sp³-hybridized carbons (Fsp3) is 0.417. The molecule has 1 saturated heterocycles. The molecule has 1 spiro atoms. The Bertz CT molecular complexity index is 1180. The Kier molecular flexibility index (Phi) is 5.06. The van der Waals surface area contributed by atoms with Gasteiger partial charge in [0.05, 0.1) is 29.2 Å². The van der Waals surface area contributed by atoms with E-state index in [1.807, 2.05) is 19.2 Å². The average molecular weight is 431 g/mol. The van der Waals surface area contributed by atoms with Crippen LogP contribution >= 0.6 is 0 Å². The molecule has 3 N–H and O–H groups in total. The van der Waals surface area contributed by atoms with Gasteiger partial charge in [0.25, 0.3) is 0 Å². The molecule has 8 heteroatoms. The minimum Gasteiger partial charge on any atom is -0.386 e. The molecule has 3 atom stereocenters. The second kappa shape index (κ2) is 7.92. The first-order valence-corrected chi connectivity index (χ1v) is 11.0. The fourth-order valence-corrected chi connectivity index (χ4v) is 4.98. The van der Waals surface area contributed by atoms with Gasteiger partial charge in [-0.25, -0.2) is 9.97 Å². The Morgan fingerprint density at radius 2 is 2.09 bits per heavy atom. The second-order valence-corrected chi connectivity index (χ2v) is 9.04. The van der Waals surface area contributed by atoms with Crippen molar-refractivity contribution in [3.8, 4) is 6.07 Å². The predicted octanol–water partition coefficient (Wildman–Crippen LogP) is 2.67. The van der Waals surface area contributed by atoms with E-state index in [2.05, 4.69) is 31.2 Å². The summed E-state index contributed by atoms with van der Waals surface area (Å²) < 4.78 is 0. The number of amides is 1. The summed E-state index contributed by atoms with van der Waals surface area (Å²) in [5.41, 5.74) is 2.02. The number of aromatic nitrogens is 3. The van der Waals surface area contributed by atoms with E-state index >= 15 is 0 Å². The molecule has 1 aliphatic heterocycles. The van der Waals surface area contributed by atoms with E-state index in [4.69, 9.17) is 5.26 Å². The topological polar surface area (TPSA) is 118 Å². The van der Waals surface area contributed by atoms with Crippen LogP contribution in [0.5, 0.6) is 0 Å². The predicted molar refractivity (Wildman–Crippen MR) is 120 cm³/mol. The lowest BCUT2D eigenvalue weighted by Crippen LogP contribution is -2.50. The standard InChI is InChI=1S/C24H26N6O2/c1-15(20(31)17-4-2-16(12-25)3-5-17)29-23(32)19-7-11-30(13-24(19)8-9-24)22-18-6-10-26-21(18)27-14-28-22/h2-6,10,14-15,19-20,31H,7-9,11,13H2,1H3,(H,29,32)(H,26,27,28)/t15-,19?,20-/m1/s1. The Morgan fingerprint density at radius 1 is 1.31 bits per heavy atom. The highest BCUT2D eigenvalue weighted by atomic mass is 16.3. The number of nitriles is 1. The molecule has 1 amide bonds. The number of aliphatic hydroxyl groups excluding tert-OH is 1. The van der Waals surface area contributed by atoms with Crippen molar-refractivity contribution in [3.05, 3.63) is 54.0 Å². The summed E-state index contributed by atoms with van der Waals surface area (Å²) in [5.74, 6) is 0.862. The normalized spacial score (nSPS) is 21.2. The van der Waals surface area contributed by atoms with Gasteiger partial charge in [-0.2, -0.15) is 5.26 Å². The maximum absolute atomic E-state index is 13.2. The van der Waals surface area contributed by atoms with Gasteiger partial charge < -0.3 is 20.3 Å². The van der Waals surface area contributed by atoms with Gasteiger partial charge in [-0.05, 0) is 55.4 Å². The van der Waals surface area contributed by atoms with Crippen molar-refractivity contribution in [3.63, 3.8) is 0 Å². The molecule has 0 bridgehead atoms. The van der Waals surface area contributed by atoms with Gasteiger partial charge in [0.2, 0.25) is 5.91 Å². The monoisotopic (exact) mass is 430 g/mol. The number of nitrogens with zero attached hydrogens (tertiary/aromatic N) is 4. The third-order valence-electron chi connectivity index (χ3n) is 7.00. The molecule has 5 rings (SSSR count). The summed E-state index contributed by atoms with van der Waals surface area (Å²) in [6, 6.07) is 10.5. The molecule has 1 saturated carbocycles. The van der Waals surface area contributed by atoms with Crippen molar-refractivity contribution in [1.29, 1.82) is 5.26 Å². The highest BCUT2D eigenvalue weighted by Gasteiger charge is 2.55. The Labute approximate surface area is 186 Å². The minimum atomic E-state index is -0.829. The third-order valence-corrected chi connectivity index (χ3v) is 7.00. The zero-order valence-corrected chi connectivity index (χ0v) is 18.0. The fourth-order valence-electron chi connectivity index (χ4n) is 4.98. The number of hydrogen-bond acceptors (Lipinski definition) is 6. The molecule has 0 radical (unpaired) electrons. The van der Waals surface area contributed by atoms with E-state index in [-0.39, 0.29) is 17.2 Å². The van der Waals surface area contributed by atoms with E-state index in [0.717, 1.165) is 49.2 Å². The number of aliphatic hydroxyl groups is 1. The summed E-state index contributed by atoms with van der Waals surface area (Å²) in [5, 5.41) is 23.7. The summed E-state index contributed by atoms with van der Waals surface area (Å²) in [4.78, 5) is 27.4. The van der Waals surface area contributed by atoms with Gasteiger partial charge in [-0.15, -0.1) is 0 Å². The number of nitrogens with one attached hydrogen (secondary N) is 2. The van der Waals surface area contributed by atoms with Crippen LogP contribution < -0.4 is 10.2 Å². The number of hydrogen-bond donors (Lipinski definition) is 3.